The molecular formula is C23H18N4O2S. The second kappa shape index (κ2) is 9.07. The van der Waals surface area contributed by atoms with E-state index in [4.69, 9.17) is 11.2 Å². The highest BCUT2D eigenvalue weighted by Crippen LogP contribution is 2.27. The fraction of sp³-hybridized carbons (Fsp3) is 0.0870. The standard InChI is InChI=1S/C23H18N4O2S/c1-2-13-29-20-12-11-16-7-3-4-8-17(16)18(20)14-25-27-22(28)15-24-23-26-19-9-5-6-10-21(19)30-23/h1,3-12,14H,13,15H2,(H,24,26)(H,27,28)/b25-14-. The summed E-state index contributed by atoms with van der Waals surface area (Å²) in [6.45, 7) is 0.213. The van der Waals surface area contributed by atoms with E-state index in [2.05, 4.69) is 26.7 Å². The molecule has 4 aromatic rings. The Morgan fingerprint density at radius 1 is 1.17 bits per heavy atom. The second-order valence-electron chi connectivity index (χ2n) is 6.32. The van der Waals surface area contributed by atoms with Crippen LogP contribution in [-0.4, -0.2) is 30.3 Å². The van der Waals surface area contributed by atoms with Gasteiger partial charge >= 0.3 is 0 Å². The lowest BCUT2D eigenvalue weighted by molar-refractivity contribution is -0.119. The van der Waals surface area contributed by atoms with Crippen LogP contribution >= 0.6 is 11.3 Å². The number of thiazole rings is 1. The molecule has 0 aliphatic rings. The van der Waals surface area contributed by atoms with E-state index in [1.54, 1.807) is 6.21 Å². The first-order valence-corrected chi connectivity index (χ1v) is 10.1. The molecule has 0 atom stereocenters. The number of carbonyl (C=O) groups is 1. The van der Waals surface area contributed by atoms with Gasteiger partial charge in [0, 0.05) is 5.56 Å². The van der Waals surface area contributed by atoms with Crippen LogP contribution in [-0.2, 0) is 4.79 Å². The number of para-hydroxylation sites is 1. The SMILES string of the molecule is C#CCOc1ccc2ccccc2c1/C=N\NC(=O)CNc1nc2ccccc2s1. The maximum Gasteiger partial charge on any atom is 0.259 e. The van der Waals surface area contributed by atoms with E-state index >= 15 is 0 Å². The second-order valence-corrected chi connectivity index (χ2v) is 7.36. The average molecular weight is 414 g/mol. The number of fused-ring (bicyclic) bond motifs is 2. The molecule has 2 N–H and O–H groups in total. The molecule has 1 heterocycles. The van der Waals surface area contributed by atoms with E-state index < -0.39 is 0 Å². The first-order chi connectivity index (χ1) is 14.7. The molecule has 3 aromatic carbocycles. The van der Waals surface area contributed by atoms with E-state index in [9.17, 15) is 4.79 Å². The molecule has 0 saturated heterocycles. The van der Waals surface area contributed by atoms with E-state index in [0.29, 0.717) is 10.9 Å². The average Bonchev–Trinajstić information content (AvgIpc) is 3.20. The number of anilines is 1. The molecule has 148 valence electrons. The number of rotatable bonds is 7. The summed E-state index contributed by atoms with van der Waals surface area (Å²) in [4.78, 5) is 16.6. The molecule has 1 amide bonds. The zero-order valence-corrected chi connectivity index (χ0v) is 16.8. The van der Waals surface area contributed by atoms with Crippen LogP contribution in [0.2, 0.25) is 0 Å². The lowest BCUT2D eigenvalue weighted by Gasteiger charge is -2.09. The van der Waals surface area contributed by atoms with E-state index in [1.807, 2.05) is 60.7 Å². The number of nitrogens with one attached hydrogen (secondary N) is 2. The van der Waals surface area contributed by atoms with E-state index in [0.717, 1.165) is 26.6 Å². The topological polar surface area (TPSA) is 75.6 Å². The van der Waals surface area contributed by atoms with Crippen LogP contribution in [0, 0.1) is 12.3 Å². The number of hydrazone groups is 1. The number of ether oxygens (including phenoxy) is 1. The minimum Gasteiger partial charge on any atom is -0.480 e. The fourth-order valence-electron chi connectivity index (χ4n) is 2.97. The summed E-state index contributed by atoms with van der Waals surface area (Å²) < 4.78 is 6.69. The van der Waals surface area contributed by atoms with Crippen molar-refractivity contribution in [3.8, 4) is 18.1 Å². The molecule has 0 bridgehead atoms. The zero-order valence-electron chi connectivity index (χ0n) is 16.0. The number of aromatic nitrogens is 1. The van der Waals surface area contributed by atoms with Crippen LogP contribution in [0.5, 0.6) is 5.75 Å². The molecule has 0 aliphatic heterocycles. The van der Waals surface area contributed by atoms with Gasteiger partial charge in [0.2, 0.25) is 0 Å². The van der Waals surface area contributed by atoms with Crippen molar-refractivity contribution < 1.29 is 9.53 Å². The van der Waals surface area contributed by atoms with Crippen LogP contribution < -0.4 is 15.5 Å². The molecule has 0 unspecified atom stereocenters. The van der Waals surface area contributed by atoms with Crippen molar-refractivity contribution in [3.05, 3.63) is 66.2 Å². The van der Waals surface area contributed by atoms with Crippen LogP contribution in [0.1, 0.15) is 5.56 Å². The monoisotopic (exact) mass is 414 g/mol. The van der Waals surface area contributed by atoms with Gasteiger partial charge in [0.1, 0.15) is 12.4 Å². The first-order valence-electron chi connectivity index (χ1n) is 9.24. The van der Waals surface area contributed by atoms with Crippen LogP contribution in [0.4, 0.5) is 5.13 Å². The van der Waals surface area contributed by atoms with Crippen molar-refractivity contribution in [1.29, 1.82) is 0 Å². The Bertz CT molecular complexity index is 1240. The Labute approximate surface area is 177 Å². The van der Waals surface area contributed by atoms with Gasteiger partial charge in [-0.25, -0.2) is 10.4 Å². The number of amides is 1. The molecule has 0 radical (unpaired) electrons. The Balaban J connectivity index is 1.43. The summed E-state index contributed by atoms with van der Waals surface area (Å²) in [5.41, 5.74) is 4.19. The van der Waals surface area contributed by atoms with Gasteiger partial charge < -0.3 is 10.1 Å². The molecule has 1 aromatic heterocycles. The van der Waals surface area contributed by atoms with Crippen molar-refractivity contribution in [2.24, 2.45) is 5.10 Å². The number of hydrogen-bond donors (Lipinski definition) is 2. The van der Waals surface area contributed by atoms with Crippen molar-refractivity contribution in [2.45, 2.75) is 0 Å². The number of carbonyl (C=O) groups excluding carboxylic acids is 1. The van der Waals surface area contributed by atoms with E-state index in [-0.39, 0.29) is 19.1 Å². The molecule has 0 saturated carbocycles. The summed E-state index contributed by atoms with van der Waals surface area (Å²) in [6.07, 6.45) is 6.88. The van der Waals surface area contributed by atoms with E-state index in [1.165, 1.54) is 11.3 Å². The van der Waals surface area contributed by atoms with Gasteiger partial charge in [-0.2, -0.15) is 5.10 Å². The first kappa shape index (κ1) is 19.4. The van der Waals surface area contributed by atoms with Gasteiger partial charge in [-0.3, -0.25) is 4.79 Å². The smallest absolute Gasteiger partial charge is 0.259 e. The third-order valence-electron chi connectivity index (χ3n) is 4.32. The predicted octanol–water partition coefficient (Wildman–Crippen LogP) is 4.02. The molecule has 6 nitrogen and oxygen atoms in total. The Morgan fingerprint density at radius 2 is 2.00 bits per heavy atom. The summed E-state index contributed by atoms with van der Waals surface area (Å²) in [7, 11) is 0. The Morgan fingerprint density at radius 3 is 2.87 bits per heavy atom. The fourth-order valence-corrected chi connectivity index (χ4v) is 3.83. The Hall–Kier alpha value is -3.89. The summed E-state index contributed by atoms with van der Waals surface area (Å²) in [6, 6.07) is 19.5. The van der Waals surface area contributed by atoms with Gasteiger partial charge in [-0.05, 0) is 29.0 Å². The van der Waals surface area contributed by atoms with Gasteiger partial charge in [0.25, 0.3) is 5.91 Å². The van der Waals surface area contributed by atoms with Crippen molar-refractivity contribution in [3.63, 3.8) is 0 Å². The van der Waals surface area contributed by atoms with Crippen LogP contribution in [0.3, 0.4) is 0 Å². The molecule has 0 fully saturated rings. The van der Waals surface area contributed by atoms with Gasteiger partial charge in [0.15, 0.2) is 5.13 Å². The predicted molar refractivity (Wildman–Crippen MR) is 122 cm³/mol. The lowest BCUT2D eigenvalue weighted by atomic mass is 10.0. The quantitative estimate of drug-likeness (QED) is 0.272. The lowest BCUT2D eigenvalue weighted by Crippen LogP contribution is -2.25. The minimum absolute atomic E-state index is 0.0626. The molecule has 4 rings (SSSR count). The highest BCUT2D eigenvalue weighted by atomic mass is 32.1. The molecule has 0 spiro atoms. The number of hydrogen-bond acceptors (Lipinski definition) is 6. The van der Waals surface area contributed by atoms with Crippen LogP contribution in [0.25, 0.3) is 21.0 Å². The summed E-state index contributed by atoms with van der Waals surface area (Å²) >= 11 is 1.50. The van der Waals surface area contributed by atoms with Crippen molar-refractivity contribution in [1.82, 2.24) is 10.4 Å². The van der Waals surface area contributed by atoms with Crippen molar-refractivity contribution in [2.75, 3.05) is 18.5 Å². The number of nitrogens with zero attached hydrogens (tertiary/aromatic N) is 2. The third kappa shape index (κ3) is 4.40. The molecular weight excluding hydrogens is 396 g/mol. The van der Waals surface area contributed by atoms with Gasteiger partial charge in [0.05, 0.1) is 23.0 Å². The van der Waals surface area contributed by atoms with Gasteiger partial charge in [-0.15, -0.1) is 6.42 Å². The largest absolute Gasteiger partial charge is 0.480 e. The van der Waals surface area contributed by atoms with Gasteiger partial charge in [-0.1, -0.05) is 59.7 Å². The molecule has 30 heavy (non-hydrogen) atoms. The third-order valence-corrected chi connectivity index (χ3v) is 5.31. The Kier molecular flexibility index (Phi) is 5.88. The van der Waals surface area contributed by atoms with Crippen LogP contribution in [0.15, 0.2) is 65.8 Å². The van der Waals surface area contributed by atoms with Crippen molar-refractivity contribution >= 4 is 49.6 Å². The highest BCUT2D eigenvalue weighted by Gasteiger charge is 2.08. The molecule has 7 heteroatoms. The number of benzene rings is 3. The summed E-state index contributed by atoms with van der Waals surface area (Å²) in [5.74, 6) is 2.79. The number of terminal acetylenes is 1. The summed E-state index contributed by atoms with van der Waals surface area (Å²) in [5, 5.41) is 9.81. The minimum atomic E-state index is -0.281. The normalized spacial score (nSPS) is 10.9. The highest BCUT2D eigenvalue weighted by molar-refractivity contribution is 7.22. The zero-order chi connectivity index (χ0) is 20.8. The maximum atomic E-state index is 12.2. The maximum absolute atomic E-state index is 12.2. The molecule has 0 aliphatic carbocycles.